The monoisotopic (exact) mass is 281 g/mol. The Bertz CT molecular complexity index is 591. The van der Waals surface area contributed by atoms with E-state index in [1.54, 1.807) is 13.0 Å². The molecule has 0 bridgehead atoms. The van der Waals surface area contributed by atoms with Crippen molar-refractivity contribution in [3.05, 3.63) is 52.7 Å². The first kappa shape index (κ1) is 13.7. The van der Waals surface area contributed by atoms with Gasteiger partial charge in [-0.2, -0.15) is 0 Å². The van der Waals surface area contributed by atoms with Crippen LogP contribution in [-0.4, -0.2) is 15.1 Å². The quantitative estimate of drug-likeness (QED) is 0.907. The van der Waals surface area contributed by atoms with Gasteiger partial charge in [-0.05, 0) is 24.6 Å². The third kappa shape index (κ3) is 2.52. The average molecular weight is 282 g/mol. The van der Waals surface area contributed by atoms with E-state index in [-0.39, 0.29) is 5.82 Å². The third-order valence-corrected chi connectivity index (χ3v) is 3.20. The summed E-state index contributed by atoms with van der Waals surface area (Å²) in [5.74, 6) is -0.306. The Morgan fingerprint density at radius 2 is 2.11 bits per heavy atom. The maximum atomic E-state index is 12.9. The van der Waals surface area contributed by atoms with E-state index in [0.717, 1.165) is 6.20 Å². The molecule has 0 amide bonds. The number of rotatable bonds is 3. The van der Waals surface area contributed by atoms with E-state index in [1.807, 2.05) is 0 Å². The first-order chi connectivity index (χ1) is 8.97. The van der Waals surface area contributed by atoms with Crippen molar-refractivity contribution < 1.29 is 9.50 Å². The largest absolute Gasteiger partial charge is 0.383 e. The van der Waals surface area contributed by atoms with Crippen LogP contribution in [0, 0.1) is 5.82 Å². The smallest absolute Gasteiger partial charge is 0.141 e. The summed E-state index contributed by atoms with van der Waals surface area (Å²) >= 11 is 5.88. The van der Waals surface area contributed by atoms with E-state index >= 15 is 0 Å². The summed E-state index contributed by atoms with van der Waals surface area (Å²) in [6.45, 7) is 1.77. The Hall–Kier alpha value is -1.72. The van der Waals surface area contributed by atoms with Crippen molar-refractivity contribution >= 4 is 17.4 Å². The van der Waals surface area contributed by atoms with Crippen LogP contribution in [0.15, 0.2) is 30.6 Å². The number of pyridine rings is 2. The van der Waals surface area contributed by atoms with Gasteiger partial charge in [0, 0.05) is 11.8 Å². The second-order valence-electron chi connectivity index (χ2n) is 4.16. The van der Waals surface area contributed by atoms with Crippen LogP contribution >= 0.6 is 11.6 Å². The second kappa shape index (κ2) is 5.11. The summed E-state index contributed by atoms with van der Waals surface area (Å²) in [5, 5.41) is 11.2. The number of hydrogen-bond donors (Lipinski definition) is 2. The van der Waals surface area contributed by atoms with Gasteiger partial charge in [-0.25, -0.2) is 9.37 Å². The highest BCUT2D eigenvalue weighted by Gasteiger charge is 2.33. The van der Waals surface area contributed by atoms with E-state index in [1.165, 1.54) is 18.3 Å². The van der Waals surface area contributed by atoms with Gasteiger partial charge in [0.2, 0.25) is 0 Å². The molecule has 0 saturated carbocycles. The molecule has 1 atom stereocenters. The Labute approximate surface area is 115 Å². The molecule has 0 fully saturated rings. The maximum absolute atomic E-state index is 12.9. The van der Waals surface area contributed by atoms with Gasteiger partial charge in [0.15, 0.2) is 0 Å². The molecule has 0 aliphatic carbocycles. The second-order valence-corrected chi connectivity index (χ2v) is 4.60. The minimum Gasteiger partial charge on any atom is -0.383 e. The molecule has 3 N–H and O–H groups in total. The van der Waals surface area contributed by atoms with Crippen LogP contribution < -0.4 is 5.73 Å². The fourth-order valence-electron chi connectivity index (χ4n) is 1.91. The molecular weight excluding hydrogens is 269 g/mol. The number of nitrogen functional groups attached to an aromatic ring is 1. The lowest BCUT2D eigenvalue weighted by Crippen LogP contribution is -2.29. The molecule has 0 radical (unpaired) electrons. The molecule has 1 unspecified atom stereocenters. The molecular formula is C13H13ClFN3O. The average Bonchev–Trinajstić information content (AvgIpc) is 2.41. The molecule has 2 aromatic heterocycles. The number of hydrogen-bond acceptors (Lipinski definition) is 4. The topological polar surface area (TPSA) is 72.0 Å². The zero-order valence-corrected chi connectivity index (χ0v) is 11.0. The van der Waals surface area contributed by atoms with Crippen molar-refractivity contribution in [1.82, 2.24) is 9.97 Å². The van der Waals surface area contributed by atoms with Gasteiger partial charge in [0.1, 0.15) is 17.2 Å². The Kier molecular flexibility index (Phi) is 3.68. The maximum Gasteiger partial charge on any atom is 0.141 e. The van der Waals surface area contributed by atoms with Gasteiger partial charge in [-0.15, -0.1) is 0 Å². The Morgan fingerprint density at radius 1 is 1.37 bits per heavy atom. The number of halogens is 2. The normalized spacial score (nSPS) is 14.1. The third-order valence-electron chi connectivity index (χ3n) is 2.99. The van der Waals surface area contributed by atoms with E-state index in [4.69, 9.17) is 17.3 Å². The van der Waals surface area contributed by atoms with Crippen LogP contribution in [0.2, 0.25) is 5.02 Å². The van der Waals surface area contributed by atoms with Crippen molar-refractivity contribution in [3.63, 3.8) is 0 Å². The number of nitrogens with zero attached hydrogens (tertiary/aromatic N) is 2. The summed E-state index contributed by atoms with van der Waals surface area (Å²) in [7, 11) is 0. The fraction of sp³-hybridized carbons (Fsp3) is 0.231. The van der Waals surface area contributed by atoms with Crippen LogP contribution in [0.5, 0.6) is 0 Å². The van der Waals surface area contributed by atoms with Crippen molar-refractivity contribution in [1.29, 1.82) is 0 Å². The van der Waals surface area contributed by atoms with Gasteiger partial charge in [0.25, 0.3) is 0 Å². The van der Waals surface area contributed by atoms with E-state index in [2.05, 4.69) is 9.97 Å². The molecule has 2 aromatic rings. The van der Waals surface area contributed by atoms with E-state index in [0.29, 0.717) is 22.7 Å². The summed E-state index contributed by atoms with van der Waals surface area (Å²) in [6.07, 6.45) is 2.75. The molecule has 4 nitrogen and oxygen atoms in total. The fourth-order valence-corrected chi connectivity index (χ4v) is 2.07. The van der Waals surface area contributed by atoms with Gasteiger partial charge >= 0.3 is 0 Å². The highest BCUT2D eigenvalue weighted by Crippen LogP contribution is 2.35. The lowest BCUT2D eigenvalue weighted by molar-refractivity contribution is 0.0723. The molecule has 19 heavy (non-hydrogen) atoms. The predicted octanol–water partition coefficient (Wildman–Crippen LogP) is 2.50. The zero-order valence-electron chi connectivity index (χ0n) is 10.3. The first-order valence-electron chi connectivity index (χ1n) is 5.73. The van der Waals surface area contributed by atoms with E-state index in [9.17, 15) is 9.50 Å². The molecule has 6 heteroatoms. The SMILES string of the molecule is CCC(O)(c1ccc(F)cn1)c1cc(Cl)cnc1N. The predicted molar refractivity (Wildman–Crippen MR) is 71.1 cm³/mol. The van der Waals surface area contributed by atoms with Crippen LogP contribution in [0.1, 0.15) is 24.6 Å². The standard InChI is InChI=1S/C13H13ClFN3O/c1-2-13(19,11-4-3-9(15)7-17-11)10-5-8(14)6-18-12(10)16/h3-7,19H,2H2,1H3,(H2,16,18). The minimum atomic E-state index is -1.45. The van der Waals surface area contributed by atoms with E-state index < -0.39 is 11.4 Å². The molecule has 2 rings (SSSR count). The van der Waals surface area contributed by atoms with Crippen molar-refractivity contribution in [2.75, 3.05) is 5.73 Å². The van der Waals surface area contributed by atoms with Crippen molar-refractivity contribution in [3.8, 4) is 0 Å². The number of nitrogens with two attached hydrogens (primary N) is 1. The summed E-state index contributed by atoms with van der Waals surface area (Å²) < 4.78 is 12.9. The first-order valence-corrected chi connectivity index (χ1v) is 6.11. The summed E-state index contributed by atoms with van der Waals surface area (Å²) in [4.78, 5) is 7.84. The minimum absolute atomic E-state index is 0.167. The van der Waals surface area contributed by atoms with Crippen LogP contribution in [0.25, 0.3) is 0 Å². The number of anilines is 1. The Balaban J connectivity index is 2.59. The van der Waals surface area contributed by atoms with Crippen molar-refractivity contribution in [2.24, 2.45) is 0 Å². The van der Waals surface area contributed by atoms with Gasteiger partial charge in [-0.1, -0.05) is 18.5 Å². The zero-order chi connectivity index (χ0) is 14.0. The molecule has 0 aliphatic rings. The van der Waals surface area contributed by atoms with Gasteiger partial charge in [0.05, 0.1) is 16.9 Å². The highest BCUT2D eigenvalue weighted by molar-refractivity contribution is 6.30. The molecule has 2 heterocycles. The molecule has 0 spiro atoms. The Morgan fingerprint density at radius 3 is 2.68 bits per heavy atom. The van der Waals surface area contributed by atoms with Gasteiger partial charge < -0.3 is 10.8 Å². The lowest BCUT2D eigenvalue weighted by atomic mass is 9.87. The number of aromatic nitrogens is 2. The van der Waals surface area contributed by atoms with Crippen LogP contribution in [0.4, 0.5) is 10.2 Å². The summed E-state index contributed by atoms with van der Waals surface area (Å²) in [6, 6.07) is 4.19. The highest BCUT2D eigenvalue weighted by atomic mass is 35.5. The molecule has 0 aromatic carbocycles. The molecule has 0 saturated heterocycles. The van der Waals surface area contributed by atoms with Crippen LogP contribution in [-0.2, 0) is 5.60 Å². The number of aliphatic hydroxyl groups is 1. The lowest BCUT2D eigenvalue weighted by Gasteiger charge is -2.27. The van der Waals surface area contributed by atoms with Gasteiger partial charge in [-0.3, -0.25) is 4.98 Å². The molecule has 0 aliphatic heterocycles. The molecule has 100 valence electrons. The summed E-state index contributed by atoms with van der Waals surface area (Å²) in [5.41, 5.74) is 5.00. The van der Waals surface area contributed by atoms with Crippen LogP contribution in [0.3, 0.4) is 0 Å². The van der Waals surface area contributed by atoms with Crippen molar-refractivity contribution in [2.45, 2.75) is 18.9 Å².